The molecule has 2 aromatic rings. The van der Waals surface area contributed by atoms with Gasteiger partial charge in [-0.15, -0.1) is 0 Å². The van der Waals surface area contributed by atoms with Gasteiger partial charge in [-0.25, -0.2) is 28.6 Å². The highest BCUT2D eigenvalue weighted by atomic mass is 32.2. The molecule has 11 N–H and O–H groups in total. The molecule has 1 fully saturated rings. The molecule has 55 heavy (non-hydrogen) atoms. The Kier molecular flexibility index (Phi) is 16.4. The Morgan fingerprint density at radius 3 is 2.40 bits per heavy atom. The van der Waals surface area contributed by atoms with Gasteiger partial charge in [-0.1, -0.05) is 25.6 Å². The number of carboxylic acid groups (broad SMARTS) is 1. The van der Waals surface area contributed by atoms with Crippen molar-refractivity contribution in [3.05, 3.63) is 12.7 Å². The summed E-state index contributed by atoms with van der Waals surface area (Å²) in [5, 5.41) is 34.4. The molecule has 3 heterocycles. The highest BCUT2D eigenvalue weighted by Gasteiger charge is 2.50. The number of amides is 2. The number of hydrogen-bond donors (Lipinski definition) is 10. The minimum absolute atomic E-state index is 0.0197. The molecule has 0 bridgehead atoms. The van der Waals surface area contributed by atoms with E-state index in [1.807, 2.05) is 0 Å². The van der Waals surface area contributed by atoms with Crippen LogP contribution in [0.5, 0.6) is 0 Å². The lowest BCUT2D eigenvalue weighted by Crippen LogP contribution is -2.46. The van der Waals surface area contributed by atoms with Crippen molar-refractivity contribution in [2.75, 3.05) is 37.8 Å². The summed E-state index contributed by atoms with van der Waals surface area (Å²) in [5.41, 5.74) is 4.20. The van der Waals surface area contributed by atoms with Crippen LogP contribution in [0.1, 0.15) is 39.3 Å². The van der Waals surface area contributed by atoms with Gasteiger partial charge in [-0.3, -0.25) is 37.3 Å². The molecule has 0 saturated carbocycles. The largest absolute Gasteiger partial charge is 0.481 e. The highest BCUT2D eigenvalue weighted by molar-refractivity contribution is 8.13. The van der Waals surface area contributed by atoms with Gasteiger partial charge in [0.15, 0.2) is 22.8 Å². The monoisotopic (exact) mass is 869 g/mol. The van der Waals surface area contributed by atoms with Crippen molar-refractivity contribution in [1.29, 1.82) is 0 Å². The molecular formula is C25H40N7O19P3S. The Labute approximate surface area is 314 Å². The number of nitrogens with one attached hydrogen (secondary N) is 2. The number of aliphatic hydroxyl groups is 2. The van der Waals surface area contributed by atoms with Crippen LogP contribution >= 0.6 is 35.2 Å². The van der Waals surface area contributed by atoms with Crippen LogP contribution in [0.2, 0.25) is 0 Å². The number of anilines is 1. The number of fused-ring (bicyclic) bond motifs is 1. The van der Waals surface area contributed by atoms with E-state index in [1.165, 1.54) is 13.8 Å². The number of aliphatic hydroxyl groups excluding tert-OH is 2. The molecule has 7 atom stereocenters. The second kappa shape index (κ2) is 19.5. The van der Waals surface area contributed by atoms with Crippen LogP contribution in [0, 0.1) is 5.41 Å². The number of nitrogens with zero attached hydrogens (tertiary/aromatic N) is 4. The summed E-state index contributed by atoms with van der Waals surface area (Å²) in [6, 6.07) is 0. The number of carboxylic acids is 1. The van der Waals surface area contributed by atoms with E-state index in [0.717, 1.165) is 29.0 Å². The molecule has 2 amide bonds. The molecule has 1 saturated heterocycles. The first-order chi connectivity index (χ1) is 25.4. The Morgan fingerprint density at radius 1 is 1.07 bits per heavy atom. The Morgan fingerprint density at radius 2 is 1.75 bits per heavy atom. The lowest BCUT2D eigenvalue weighted by Gasteiger charge is -2.30. The average molecular weight is 870 g/mol. The van der Waals surface area contributed by atoms with Crippen molar-refractivity contribution in [2.45, 2.75) is 63.8 Å². The maximum Gasteiger partial charge on any atom is 0.481 e. The molecule has 0 aliphatic carbocycles. The minimum Gasteiger partial charge on any atom is -0.481 e. The summed E-state index contributed by atoms with van der Waals surface area (Å²) in [4.78, 5) is 97.3. The molecule has 2 aromatic heterocycles. The van der Waals surface area contributed by atoms with Crippen molar-refractivity contribution >= 4 is 75.1 Å². The average Bonchev–Trinajstić information content (AvgIpc) is 3.63. The first kappa shape index (κ1) is 46.4. The fourth-order valence-corrected chi connectivity index (χ4v) is 8.08. The van der Waals surface area contributed by atoms with Gasteiger partial charge in [-0.05, 0) is 0 Å². The smallest absolute Gasteiger partial charge is 0.481 e. The number of hydrogen-bond acceptors (Lipinski definition) is 19. The predicted molar refractivity (Wildman–Crippen MR) is 184 cm³/mol. The van der Waals surface area contributed by atoms with Gasteiger partial charge in [0.2, 0.25) is 11.8 Å². The molecule has 1 aliphatic heterocycles. The second-order valence-electron chi connectivity index (χ2n) is 12.2. The van der Waals surface area contributed by atoms with E-state index in [1.54, 1.807) is 0 Å². The van der Waals surface area contributed by atoms with Crippen LogP contribution in [-0.4, -0.2) is 134 Å². The van der Waals surface area contributed by atoms with Crippen molar-refractivity contribution < 1.29 is 90.4 Å². The zero-order valence-corrected chi connectivity index (χ0v) is 32.3. The van der Waals surface area contributed by atoms with E-state index in [0.29, 0.717) is 0 Å². The number of ether oxygens (including phenoxy) is 1. The van der Waals surface area contributed by atoms with Gasteiger partial charge in [0.25, 0.3) is 0 Å². The zero-order valence-electron chi connectivity index (χ0n) is 28.8. The molecule has 0 aromatic carbocycles. The maximum atomic E-state index is 12.6. The third-order valence-corrected chi connectivity index (χ3v) is 11.3. The zero-order chi connectivity index (χ0) is 41.4. The van der Waals surface area contributed by atoms with E-state index >= 15 is 0 Å². The van der Waals surface area contributed by atoms with Crippen molar-refractivity contribution in [3.8, 4) is 0 Å². The SMILES string of the molecule is CC(C)(COP(=O)(O)OP(=O)(O)OC[C@H]1O[C@@H](n2cnc3c(N)ncnc32)[C@H](O)[C@@H]1OP(=O)(O)O)[C@@H](O)C(=O)NCCC(=O)NCCS[14C](=O)CCC(=O)O. The van der Waals surface area contributed by atoms with E-state index in [-0.39, 0.29) is 60.2 Å². The standard InChI is InChI=1S/C25H40N7O19P3S/c1-25(2,20(38)23(39)28-6-5-14(33)27-7-8-55-16(36)4-3-15(34)35)10-48-54(45,46)51-53(43,44)47-9-13-19(50-52(40,41)42)18(37)24(49-13)32-12-31-17-21(26)29-11-30-22(17)32/h11-13,18-20,24,37-38H,3-10H2,1-2H3,(H,27,33)(H,28,39)(H,34,35)(H,43,44)(H,45,46)(H2,26,29,30)(H2,40,41,42)/t13-,18-,19-,20+,24-/m1/s1/i16+2. The number of nitrogen functional groups attached to an aromatic ring is 1. The molecule has 26 nitrogen and oxygen atoms in total. The quantitative estimate of drug-likeness (QED) is 0.0477. The summed E-state index contributed by atoms with van der Waals surface area (Å²) in [6.07, 6.45) is -7.55. The fourth-order valence-electron chi connectivity index (χ4n) is 4.58. The number of thioether (sulfide) groups is 1. The Balaban J connectivity index is 1.49. The topological polar surface area (TPSA) is 401 Å². The third-order valence-electron chi connectivity index (χ3n) is 7.31. The van der Waals surface area contributed by atoms with Crippen LogP contribution in [0.3, 0.4) is 0 Å². The van der Waals surface area contributed by atoms with Crippen LogP contribution < -0.4 is 16.4 Å². The fraction of sp³-hybridized carbons (Fsp3) is 0.640. The number of aromatic nitrogens is 4. The molecule has 3 rings (SSSR count). The molecule has 0 radical (unpaired) electrons. The van der Waals surface area contributed by atoms with Crippen molar-refractivity contribution in [3.63, 3.8) is 0 Å². The van der Waals surface area contributed by atoms with Crippen LogP contribution in [0.15, 0.2) is 12.7 Å². The summed E-state index contributed by atoms with van der Waals surface area (Å²) in [7, 11) is -16.4. The highest BCUT2D eigenvalue weighted by Crippen LogP contribution is 2.61. The molecule has 310 valence electrons. The first-order valence-electron chi connectivity index (χ1n) is 15.7. The number of carbonyl (C=O) groups is 4. The molecule has 30 heteroatoms. The van der Waals surface area contributed by atoms with Gasteiger partial charge in [-0.2, -0.15) is 4.31 Å². The van der Waals surface area contributed by atoms with E-state index < -0.39 is 90.5 Å². The summed E-state index contributed by atoms with van der Waals surface area (Å²) in [6.45, 7) is 0.213. The Hall–Kier alpha value is -2.97. The number of phosphoric ester groups is 3. The van der Waals surface area contributed by atoms with Gasteiger partial charge < -0.3 is 56.0 Å². The van der Waals surface area contributed by atoms with Gasteiger partial charge in [0.05, 0.1) is 26.0 Å². The van der Waals surface area contributed by atoms with Crippen molar-refractivity contribution in [1.82, 2.24) is 30.2 Å². The van der Waals surface area contributed by atoms with Crippen LogP contribution in [0.25, 0.3) is 11.2 Å². The van der Waals surface area contributed by atoms with E-state index in [2.05, 4.69) is 34.4 Å². The third kappa shape index (κ3) is 14.5. The van der Waals surface area contributed by atoms with Gasteiger partial charge >= 0.3 is 29.4 Å². The van der Waals surface area contributed by atoms with Crippen molar-refractivity contribution in [2.24, 2.45) is 5.41 Å². The van der Waals surface area contributed by atoms with Gasteiger partial charge in [0, 0.05) is 37.1 Å². The Bertz CT molecular complexity index is 1850. The summed E-state index contributed by atoms with van der Waals surface area (Å²) in [5.74, 6) is -2.51. The number of phosphoric acid groups is 3. The lowest BCUT2D eigenvalue weighted by molar-refractivity contribution is -0.138. The predicted octanol–water partition coefficient (Wildman–Crippen LogP) is -1.47. The number of nitrogens with two attached hydrogens (primary N) is 1. The number of carbonyl (C=O) groups excluding carboxylic acids is 3. The van der Waals surface area contributed by atoms with Gasteiger partial charge in [0.1, 0.15) is 36.3 Å². The molecule has 2 unspecified atom stereocenters. The molecule has 1 aliphatic rings. The minimum atomic E-state index is -5.59. The molecule has 0 spiro atoms. The van der Waals surface area contributed by atoms with Crippen LogP contribution in [0.4, 0.5) is 5.82 Å². The van der Waals surface area contributed by atoms with Crippen LogP contribution in [-0.2, 0) is 55.5 Å². The van der Waals surface area contributed by atoms with E-state index in [4.69, 9.17) is 24.6 Å². The lowest BCUT2D eigenvalue weighted by atomic mass is 9.87. The molecular weight excluding hydrogens is 829 g/mol. The number of rotatable bonds is 22. The van der Waals surface area contributed by atoms with E-state index in [9.17, 15) is 62.7 Å². The maximum absolute atomic E-state index is 12.6. The number of aliphatic carboxylic acids is 1. The second-order valence-corrected chi connectivity index (χ2v) is 17.6. The first-order valence-corrected chi connectivity index (χ1v) is 21.2. The summed E-state index contributed by atoms with van der Waals surface area (Å²) >= 11 is 0.849. The number of imidazole rings is 1. The normalized spacial score (nSPS) is 21.7. The summed E-state index contributed by atoms with van der Waals surface area (Å²) < 4.78 is 61.9.